The zero-order valence-corrected chi connectivity index (χ0v) is 25.1. The average Bonchev–Trinajstić information content (AvgIpc) is 3.02. The van der Waals surface area contributed by atoms with Gasteiger partial charge in [-0.15, -0.1) is 0 Å². The number of halogens is 1. The molecule has 0 bridgehead atoms. The molecule has 0 atom stereocenters. The second kappa shape index (κ2) is 15.0. The van der Waals surface area contributed by atoms with Crippen molar-refractivity contribution < 1.29 is 9.13 Å². The Morgan fingerprint density at radius 1 is 1.05 bits per heavy atom. The third kappa shape index (κ3) is 7.88. The van der Waals surface area contributed by atoms with Crippen molar-refractivity contribution in [3.05, 3.63) is 94.7 Å². The molecule has 4 rings (SSSR count). The lowest BCUT2D eigenvalue weighted by Crippen LogP contribution is -2.37. The summed E-state index contributed by atoms with van der Waals surface area (Å²) in [7, 11) is 0. The van der Waals surface area contributed by atoms with Crippen molar-refractivity contribution in [3.8, 4) is 0 Å². The van der Waals surface area contributed by atoms with Crippen LogP contribution in [0.15, 0.2) is 82.8 Å². The van der Waals surface area contributed by atoms with E-state index in [1.807, 2.05) is 17.0 Å². The zero-order chi connectivity index (χ0) is 29.9. The Morgan fingerprint density at radius 2 is 1.86 bits per heavy atom. The van der Waals surface area contributed by atoms with Crippen LogP contribution < -0.4 is 15.6 Å². The molecule has 3 aromatic rings. The summed E-state index contributed by atoms with van der Waals surface area (Å²) in [6.45, 7) is 13.1. The minimum atomic E-state index is -0.472. The van der Waals surface area contributed by atoms with E-state index in [1.54, 1.807) is 12.4 Å². The summed E-state index contributed by atoms with van der Waals surface area (Å²) in [5.74, 6) is -0.0211. The first-order valence-corrected chi connectivity index (χ1v) is 14.4. The first-order chi connectivity index (χ1) is 20.4. The van der Waals surface area contributed by atoms with Crippen LogP contribution in [0.2, 0.25) is 0 Å². The molecule has 0 unspecified atom stereocenters. The van der Waals surface area contributed by atoms with E-state index in [9.17, 15) is 4.39 Å². The zero-order valence-electron chi connectivity index (χ0n) is 25.1. The van der Waals surface area contributed by atoms with Crippen molar-refractivity contribution >= 4 is 34.9 Å². The van der Waals surface area contributed by atoms with E-state index in [-0.39, 0.29) is 11.8 Å². The van der Waals surface area contributed by atoms with Crippen LogP contribution in [0.4, 0.5) is 27.5 Å². The van der Waals surface area contributed by atoms with Gasteiger partial charge in [-0.3, -0.25) is 4.98 Å². The second-order valence-electron chi connectivity index (χ2n) is 10.0. The molecule has 1 fully saturated rings. The quantitative estimate of drug-likeness (QED) is 0.140. The molecule has 220 valence electrons. The lowest BCUT2D eigenvalue weighted by atomic mass is 9.89. The Kier molecular flexibility index (Phi) is 10.9. The summed E-state index contributed by atoms with van der Waals surface area (Å²) in [4.78, 5) is 14.6. The Balaban J connectivity index is 1.44. The lowest BCUT2D eigenvalue weighted by Gasteiger charge is -2.27. The number of allylic oxidation sites excluding steroid dienone is 6. The fourth-order valence-corrected chi connectivity index (χ4v) is 4.87. The normalized spacial score (nSPS) is 15.1. The fourth-order valence-electron chi connectivity index (χ4n) is 4.87. The van der Waals surface area contributed by atoms with E-state index >= 15 is 0 Å². The average molecular weight is 570 g/mol. The number of hydrogen-bond donors (Lipinski definition) is 2. The van der Waals surface area contributed by atoms with Gasteiger partial charge in [0.2, 0.25) is 5.95 Å². The molecule has 42 heavy (non-hydrogen) atoms. The van der Waals surface area contributed by atoms with E-state index in [1.165, 1.54) is 27.9 Å². The van der Waals surface area contributed by atoms with E-state index in [0.29, 0.717) is 32.0 Å². The molecule has 1 saturated heterocycles. The van der Waals surface area contributed by atoms with Crippen LogP contribution in [-0.4, -0.2) is 47.5 Å². The Hall–Kier alpha value is -4.37. The molecule has 1 aliphatic rings. The maximum absolute atomic E-state index is 14.3. The van der Waals surface area contributed by atoms with Crippen LogP contribution in [0.25, 0.3) is 5.57 Å². The molecular formula is C33H40FN7O. The van der Waals surface area contributed by atoms with E-state index in [4.69, 9.17) is 4.74 Å². The van der Waals surface area contributed by atoms with Gasteiger partial charge in [0.15, 0.2) is 11.6 Å². The molecule has 0 radical (unpaired) electrons. The van der Waals surface area contributed by atoms with Gasteiger partial charge in [0.1, 0.15) is 0 Å². The standard InChI is InChI=1S/C33H40FN7O/c1-6-10-25(8-3)24(5)31(23(4)7-2)26-11-9-12-27(19-26)38-29-14-13-28(35-20-29)21-37-40-33-36-22-30(34)32(39-33)41-15-17-42-18-16-41/h6,9-14,19-22,38H,7-8,15-18H2,1-5H3,(H,36,39,40)/b10-6-,25-24-,31-23?,37-21+. The number of hydrazone groups is 1. The van der Waals surface area contributed by atoms with Gasteiger partial charge in [-0.25, -0.2) is 14.8 Å². The van der Waals surface area contributed by atoms with Crippen LogP contribution >= 0.6 is 0 Å². The minimum Gasteiger partial charge on any atom is -0.378 e. The van der Waals surface area contributed by atoms with E-state index in [2.05, 4.69) is 102 Å². The number of benzene rings is 1. The maximum atomic E-state index is 14.3. The highest BCUT2D eigenvalue weighted by atomic mass is 19.1. The van der Waals surface area contributed by atoms with Crippen molar-refractivity contribution in [3.63, 3.8) is 0 Å². The number of ether oxygens (including phenoxy) is 1. The van der Waals surface area contributed by atoms with Gasteiger partial charge in [0, 0.05) is 18.8 Å². The van der Waals surface area contributed by atoms with Crippen LogP contribution in [0, 0.1) is 5.82 Å². The summed E-state index contributed by atoms with van der Waals surface area (Å²) < 4.78 is 19.6. The summed E-state index contributed by atoms with van der Waals surface area (Å²) in [6, 6.07) is 12.3. The van der Waals surface area contributed by atoms with Crippen molar-refractivity contribution in [1.29, 1.82) is 0 Å². The highest BCUT2D eigenvalue weighted by Gasteiger charge is 2.18. The largest absolute Gasteiger partial charge is 0.378 e. The van der Waals surface area contributed by atoms with Crippen LogP contribution in [0.1, 0.15) is 58.7 Å². The van der Waals surface area contributed by atoms with Crippen molar-refractivity contribution in [1.82, 2.24) is 15.0 Å². The summed E-state index contributed by atoms with van der Waals surface area (Å²) in [6.07, 6.45) is 10.8. The molecule has 2 aromatic heterocycles. The molecule has 0 saturated carbocycles. The predicted molar refractivity (Wildman–Crippen MR) is 171 cm³/mol. The number of morpholine rings is 1. The molecule has 0 amide bonds. The van der Waals surface area contributed by atoms with Gasteiger partial charge < -0.3 is 15.0 Å². The first-order valence-electron chi connectivity index (χ1n) is 14.4. The highest BCUT2D eigenvalue weighted by molar-refractivity contribution is 5.84. The third-order valence-electron chi connectivity index (χ3n) is 7.19. The molecule has 3 heterocycles. The lowest BCUT2D eigenvalue weighted by molar-refractivity contribution is 0.122. The van der Waals surface area contributed by atoms with E-state index < -0.39 is 5.82 Å². The van der Waals surface area contributed by atoms with Crippen LogP contribution in [0.5, 0.6) is 0 Å². The number of rotatable bonds is 11. The summed E-state index contributed by atoms with van der Waals surface area (Å²) >= 11 is 0. The van der Waals surface area contributed by atoms with Crippen LogP contribution in [-0.2, 0) is 4.74 Å². The topological polar surface area (TPSA) is 87.6 Å². The monoisotopic (exact) mass is 569 g/mol. The van der Waals surface area contributed by atoms with Gasteiger partial charge in [0.25, 0.3) is 0 Å². The molecule has 8 nitrogen and oxygen atoms in total. The predicted octanol–water partition coefficient (Wildman–Crippen LogP) is 7.52. The maximum Gasteiger partial charge on any atom is 0.245 e. The summed E-state index contributed by atoms with van der Waals surface area (Å²) in [5.41, 5.74) is 11.8. The molecule has 1 aromatic carbocycles. The Morgan fingerprint density at radius 3 is 2.55 bits per heavy atom. The van der Waals surface area contributed by atoms with Gasteiger partial charge >= 0.3 is 0 Å². The van der Waals surface area contributed by atoms with Gasteiger partial charge in [-0.1, -0.05) is 43.7 Å². The number of anilines is 4. The molecule has 9 heteroatoms. The fraction of sp³-hybridized carbons (Fsp3) is 0.333. The summed E-state index contributed by atoms with van der Waals surface area (Å²) in [5, 5.41) is 7.66. The molecule has 0 spiro atoms. The first kappa shape index (κ1) is 30.6. The number of nitrogens with one attached hydrogen (secondary N) is 2. The number of pyridine rings is 1. The SMILES string of the molecule is C/C=C\C(CC)=C(\C)C(=C(C)CC)c1cccc(Nc2ccc(/C=N/Nc3ncc(F)c(N4CCOCC4)n3)nc2)c1. The minimum absolute atomic E-state index is 0.209. The number of hydrogen-bond acceptors (Lipinski definition) is 8. The molecule has 1 aliphatic heterocycles. The van der Waals surface area contributed by atoms with Gasteiger partial charge in [-0.05, 0) is 80.2 Å². The van der Waals surface area contributed by atoms with Crippen molar-refractivity contribution in [2.45, 2.75) is 47.5 Å². The smallest absolute Gasteiger partial charge is 0.245 e. The third-order valence-corrected chi connectivity index (χ3v) is 7.19. The Bertz CT molecular complexity index is 1470. The molecular weight excluding hydrogens is 529 g/mol. The van der Waals surface area contributed by atoms with Crippen LogP contribution in [0.3, 0.4) is 0 Å². The highest BCUT2D eigenvalue weighted by Crippen LogP contribution is 2.33. The number of aromatic nitrogens is 3. The molecule has 2 N–H and O–H groups in total. The van der Waals surface area contributed by atoms with E-state index in [0.717, 1.165) is 30.4 Å². The second-order valence-corrected chi connectivity index (χ2v) is 10.0. The number of nitrogens with zero attached hydrogens (tertiary/aromatic N) is 5. The van der Waals surface area contributed by atoms with Crippen molar-refractivity contribution in [2.75, 3.05) is 41.9 Å². The van der Waals surface area contributed by atoms with Gasteiger partial charge in [0.05, 0.1) is 43.2 Å². The van der Waals surface area contributed by atoms with Gasteiger partial charge in [-0.2, -0.15) is 10.1 Å². The molecule has 0 aliphatic carbocycles. The Labute approximate surface area is 248 Å². The van der Waals surface area contributed by atoms with Crippen molar-refractivity contribution in [2.24, 2.45) is 5.10 Å².